The first-order valence-electron chi connectivity index (χ1n) is 7.68. The predicted molar refractivity (Wildman–Crippen MR) is 82.2 cm³/mol. The van der Waals surface area contributed by atoms with Gasteiger partial charge in [0.05, 0.1) is 6.04 Å². The van der Waals surface area contributed by atoms with Gasteiger partial charge in [-0.1, -0.05) is 20.8 Å². The summed E-state index contributed by atoms with van der Waals surface area (Å²) in [5.41, 5.74) is 0.249. The molecule has 5 atom stereocenters. The summed E-state index contributed by atoms with van der Waals surface area (Å²) in [7, 11) is 0. The third kappa shape index (κ3) is 2.05. The van der Waals surface area contributed by atoms with Crippen molar-refractivity contribution in [1.82, 2.24) is 10.6 Å². The fourth-order valence-electron chi connectivity index (χ4n) is 4.36. The first-order chi connectivity index (χ1) is 9.79. The first-order valence-corrected chi connectivity index (χ1v) is 8.31. The summed E-state index contributed by atoms with van der Waals surface area (Å²) in [5.74, 6) is 0.968. The Kier molecular flexibility index (Phi) is 3.43. The quantitative estimate of drug-likeness (QED) is 0.549. The van der Waals surface area contributed by atoms with Crippen molar-refractivity contribution in [2.45, 2.75) is 58.2 Å². The monoisotopic (exact) mass is 312 g/mol. The molecule has 3 unspecified atom stereocenters. The smallest absolute Gasteiger partial charge is 0.408 e. The Hall–Kier alpha value is -0.910. The summed E-state index contributed by atoms with van der Waals surface area (Å²) in [6, 6.07) is -0.602. The van der Waals surface area contributed by atoms with E-state index >= 15 is 0 Å². The lowest BCUT2D eigenvalue weighted by atomic mass is 9.70. The Morgan fingerprint density at radius 3 is 2.67 bits per heavy atom. The number of nitrogens with one attached hydrogen (secondary N) is 2. The van der Waals surface area contributed by atoms with Gasteiger partial charge in [0.15, 0.2) is 0 Å². The van der Waals surface area contributed by atoms with Gasteiger partial charge in [-0.3, -0.25) is 4.79 Å². The van der Waals surface area contributed by atoms with E-state index in [0.717, 1.165) is 12.8 Å². The molecule has 118 valence electrons. The first kappa shape index (κ1) is 15.0. The maximum absolute atomic E-state index is 12.1. The Bertz CT molecular complexity index is 482. The second kappa shape index (κ2) is 4.80. The highest BCUT2D eigenvalue weighted by Crippen LogP contribution is 2.66. The maximum Gasteiger partial charge on any atom is 0.408 e. The number of carbonyl (C=O) groups excluding carboxylic acids is 2. The van der Waals surface area contributed by atoms with E-state index in [1.54, 1.807) is 0 Å². The van der Waals surface area contributed by atoms with Crippen molar-refractivity contribution in [3.05, 3.63) is 0 Å². The third-order valence-electron chi connectivity index (χ3n) is 6.45. The van der Waals surface area contributed by atoms with Crippen LogP contribution in [0.15, 0.2) is 0 Å². The lowest BCUT2D eigenvalue weighted by Gasteiger charge is -2.39. The highest BCUT2D eigenvalue weighted by Gasteiger charge is 2.63. The molecule has 2 amide bonds. The molecule has 3 rings (SSSR count). The van der Waals surface area contributed by atoms with Gasteiger partial charge in [0.1, 0.15) is 12.1 Å². The minimum atomic E-state index is -0.505. The van der Waals surface area contributed by atoms with Crippen LogP contribution in [0.5, 0.6) is 0 Å². The molecule has 0 radical (unpaired) electrons. The summed E-state index contributed by atoms with van der Waals surface area (Å²) in [5, 5.41) is 5.38. The molecule has 0 aromatic heterocycles. The van der Waals surface area contributed by atoms with E-state index in [1.165, 1.54) is 6.42 Å². The van der Waals surface area contributed by atoms with Crippen LogP contribution in [-0.2, 0) is 9.53 Å². The number of carbonyl (C=O) groups is 2. The molecule has 2 aliphatic carbocycles. The highest BCUT2D eigenvalue weighted by atomic mass is 32.1. The molecule has 3 fully saturated rings. The van der Waals surface area contributed by atoms with Crippen LogP contribution < -0.4 is 10.6 Å². The number of rotatable bonds is 3. The van der Waals surface area contributed by atoms with Crippen molar-refractivity contribution < 1.29 is 14.3 Å². The molecule has 1 heterocycles. The number of β-lactam (4-membered cyclic amide) rings is 1. The molecule has 5 nitrogen and oxygen atoms in total. The van der Waals surface area contributed by atoms with Gasteiger partial charge in [-0.25, -0.2) is 4.79 Å². The van der Waals surface area contributed by atoms with Crippen LogP contribution in [0.4, 0.5) is 4.79 Å². The van der Waals surface area contributed by atoms with Crippen LogP contribution >= 0.6 is 12.6 Å². The standard InChI is InChI=1S/C15H24N2O3S/c1-14(2)8-4-5-15(14,3)10(6-8)20-13(19)17-11-9(7-21)16-12(11)18/h8-11,21H,4-7H2,1-3H3,(H,16,18)(H,17,19)/t8?,9-,10?,11+,15?/m1/s1. The molecule has 1 saturated heterocycles. The summed E-state index contributed by atoms with van der Waals surface area (Å²) < 4.78 is 5.68. The minimum Gasteiger partial charge on any atom is -0.446 e. The van der Waals surface area contributed by atoms with E-state index in [0.29, 0.717) is 11.7 Å². The van der Waals surface area contributed by atoms with Crippen molar-refractivity contribution in [3.63, 3.8) is 0 Å². The Labute approximate surface area is 131 Å². The normalized spacial score (nSPS) is 43.1. The molecule has 6 heteroatoms. The number of ether oxygens (including phenoxy) is 1. The predicted octanol–water partition coefficient (Wildman–Crippen LogP) is 1.72. The SMILES string of the molecule is CC1(C)C2CCC1(C)C(OC(=O)N[C@@H]1C(=O)N[C@@H]1CS)C2. The third-order valence-corrected chi connectivity index (χ3v) is 6.84. The zero-order valence-corrected chi connectivity index (χ0v) is 13.7. The van der Waals surface area contributed by atoms with Gasteiger partial charge < -0.3 is 15.4 Å². The lowest BCUT2D eigenvalue weighted by molar-refractivity contribution is -0.131. The van der Waals surface area contributed by atoms with Crippen molar-refractivity contribution in [2.24, 2.45) is 16.7 Å². The Morgan fingerprint density at radius 2 is 2.19 bits per heavy atom. The van der Waals surface area contributed by atoms with Crippen LogP contribution in [-0.4, -0.2) is 35.9 Å². The Morgan fingerprint density at radius 1 is 1.48 bits per heavy atom. The fraction of sp³-hybridized carbons (Fsp3) is 0.867. The van der Waals surface area contributed by atoms with Crippen molar-refractivity contribution in [1.29, 1.82) is 0 Å². The average Bonchev–Trinajstić information content (AvgIpc) is 2.75. The van der Waals surface area contributed by atoms with Gasteiger partial charge in [-0.15, -0.1) is 0 Å². The zero-order valence-electron chi connectivity index (χ0n) is 12.8. The van der Waals surface area contributed by atoms with Gasteiger partial charge in [0, 0.05) is 11.2 Å². The van der Waals surface area contributed by atoms with Crippen molar-refractivity contribution >= 4 is 24.6 Å². The molecule has 2 bridgehead atoms. The second-order valence-corrected chi connectivity index (χ2v) is 7.79. The summed E-state index contributed by atoms with van der Waals surface area (Å²) in [6.45, 7) is 6.79. The second-order valence-electron chi connectivity index (χ2n) is 7.42. The molecule has 21 heavy (non-hydrogen) atoms. The molecule has 0 aromatic rings. The average molecular weight is 312 g/mol. The van der Waals surface area contributed by atoms with Crippen molar-refractivity contribution in [2.75, 3.05) is 5.75 Å². The van der Waals surface area contributed by atoms with E-state index in [2.05, 4.69) is 44.0 Å². The zero-order chi connectivity index (χ0) is 15.4. The van der Waals surface area contributed by atoms with Crippen molar-refractivity contribution in [3.8, 4) is 0 Å². The van der Waals surface area contributed by atoms with Crippen LogP contribution in [0.2, 0.25) is 0 Å². The molecular weight excluding hydrogens is 288 g/mol. The largest absolute Gasteiger partial charge is 0.446 e. The van der Waals surface area contributed by atoms with Gasteiger partial charge >= 0.3 is 6.09 Å². The van der Waals surface area contributed by atoms with Gasteiger partial charge in [0.25, 0.3) is 0 Å². The number of hydrogen-bond acceptors (Lipinski definition) is 4. The Balaban J connectivity index is 1.61. The maximum atomic E-state index is 12.1. The fourth-order valence-corrected chi connectivity index (χ4v) is 4.66. The van der Waals surface area contributed by atoms with Crippen LogP contribution in [0, 0.1) is 16.7 Å². The van der Waals surface area contributed by atoms with Gasteiger partial charge in [-0.2, -0.15) is 12.6 Å². The number of thiol groups is 1. The van der Waals surface area contributed by atoms with E-state index in [-0.39, 0.29) is 28.9 Å². The number of alkyl carbamates (subject to hydrolysis) is 1. The van der Waals surface area contributed by atoms with Gasteiger partial charge in [-0.05, 0) is 30.6 Å². The number of amides is 2. The number of fused-ring (bicyclic) bond motifs is 2. The van der Waals surface area contributed by atoms with E-state index in [1.807, 2.05) is 0 Å². The summed E-state index contributed by atoms with van der Waals surface area (Å²) in [6.07, 6.45) is 2.73. The molecular formula is C15H24N2O3S. The molecule has 2 saturated carbocycles. The summed E-state index contributed by atoms with van der Waals surface area (Å²) >= 11 is 4.15. The minimum absolute atomic E-state index is 0.0415. The lowest BCUT2D eigenvalue weighted by Crippen LogP contribution is -2.70. The highest BCUT2D eigenvalue weighted by molar-refractivity contribution is 7.80. The van der Waals surface area contributed by atoms with Crippen LogP contribution in [0.25, 0.3) is 0 Å². The molecule has 2 N–H and O–H groups in total. The van der Waals surface area contributed by atoms with E-state index in [9.17, 15) is 9.59 Å². The topological polar surface area (TPSA) is 67.4 Å². The van der Waals surface area contributed by atoms with E-state index < -0.39 is 12.1 Å². The van der Waals surface area contributed by atoms with E-state index in [4.69, 9.17) is 4.74 Å². The molecule has 1 aliphatic heterocycles. The molecule has 3 aliphatic rings. The summed E-state index contributed by atoms with van der Waals surface area (Å²) in [4.78, 5) is 23.6. The van der Waals surface area contributed by atoms with Crippen LogP contribution in [0.3, 0.4) is 0 Å². The molecule has 0 spiro atoms. The number of hydrogen-bond donors (Lipinski definition) is 3. The van der Waals surface area contributed by atoms with Gasteiger partial charge in [0.2, 0.25) is 5.91 Å². The van der Waals surface area contributed by atoms with Crippen LogP contribution in [0.1, 0.15) is 40.0 Å². The molecule has 0 aromatic carbocycles.